The van der Waals surface area contributed by atoms with E-state index in [1.165, 1.54) is 0 Å². The first-order chi connectivity index (χ1) is 10.1. The number of benzene rings is 1. The maximum Gasteiger partial charge on any atom is 0.229 e. The van der Waals surface area contributed by atoms with Crippen molar-refractivity contribution in [3.8, 4) is 0 Å². The van der Waals surface area contributed by atoms with Crippen molar-refractivity contribution in [1.82, 2.24) is 9.97 Å². The lowest BCUT2D eigenvalue weighted by Crippen LogP contribution is -2.06. The summed E-state index contributed by atoms with van der Waals surface area (Å²) in [5.41, 5.74) is 2.44. The number of nitrogens with one attached hydrogen (secondary N) is 2. The van der Waals surface area contributed by atoms with Gasteiger partial charge in [-0.2, -0.15) is 4.98 Å². The van der Waals surface area contributed by atoms with Crippen LogP contribution in [0.25, 0.3) is 0 Å². The van der Waals surface area contributed by atoms with Crippen LogP contribution in [0.2, 0.25) is 0 Å². The molecule has 0 atom stereocenters. The van der Waals surface area contributed by atoms with E-state index in [9.17, 15) is 4.79 Å². The number of anilines is 3. The smallest absolute Gasteiger partial charge is 0.229 e. The molecule has 0 unspecified atom stereocenters. The van der Waals surface area contributed by atoms with Gasteiger partial charge in [-0.25, -0.2) is 4.98 Å². The Morgan fingerprint density at radius 3 is 2.52 bits per heavy atom. The molecule has 0 radical (unpaired) electrons. The van der Waals surface area contributed by atoms with Gasteiger partial charge in [-0.3, -0.25) is 4.79 Å². The summed E-state index contributed by atoms with van der Waals surface area (Å²) in [5.74, 6) is 1.41. The number of hydrogen-bond donors (Lipinski definition) is 2. The van der Waals surface area contributed by atoms with Gasteiger partial charge in [-0.1, -0.05) is 6.92 Å². The van der Waals surface area contributed by atoms with Gasteiger partial charge in [0, 0.05) is 29.6 Å². The van der Waals surface area contributed by atoms with E-state index >= 15 is 0 Å². The molecule has 0 saturated heterocycles. The number of carbonyl (C=O) groups is 1. The van der Waals surface area contributed by atoms with Gasteiger partial charge in [-0.15, -0.1) is 0 Å². The predicted octanol–water partition coefficient (Wildman–Crippen LogP) is 3.55. The first-order valence-electron chi connectivity index (χ1n) is 7.06. The Bertz CT molecular complexity index is 623. The van der Waals surface area contributed by atoms with E-state index in [1.807, 2.05) is 25.1 Å². The Balaban J connectivity index is 2.14. The summed E-state index contributed by atoms with van der Waals surface area (Å²) in [5, 5.41) is 6.40. The van der Waals surface area contributed by atoms with Gasteiger partial charge in [0.1, 0.15) is 5.82 Å². The van der Waals surface area contributed by atoms with Crippen molar-refractivity contribution >= 4 is 23.2 Å². The van der Waals surface area contributed by atoms with Crippen molar-refractivity contribution in [1.29, 1.82) is 0 Å². The van der Waals surface area contributed by atoms with Crippen LogP contribution in [0.5, 0.6) is 0 Å². The molecule has 2 aromatic rings. The van der Waals surface area contributed by atoms with Gasteiger partial charge in [-0.05, 0) is 44.5 Å². The summed E-state index contributed by atoms with van der Waals surface area (Å²) in [6.45, 7) is 6.47. The molecule has 0 bridgehead atoms. The summed E-state index contributed by atoms with van der Waals surface area (Å²) < 4.78 is 0. The van der Waals surface area contributed by atoms with Gasteiger partial charge < -0.3 is 10.6 Å². The number of hydrogen-bond acceptors (Lipinski definition) is 5. The second-order valence-corrected chi connectivity index (χ2v) is 4.90. The number of ketones is 1. The Kier molecular flexibility index (Phi) is 4.87. The number of rotatable bonds is 6. The van der Waals surface area contributed by atoms with Gasteiger partial charge in [0.25, 0.3) is 0 Å². The minimum absolute atomic E-state index is 0.0550. The van der Waals surface area contributed by atoms with Crippen LogP contribution in [0.15, 0.2) is 30.3 Å². The topological polar surface area (TPSA) is 66.9 Å². The average molecular weight is 284 g/mol. The third-order valence-corrected chi connectivity index (χ3v) is 2.96. The Morgan fingerprint density at radius 1 is 1.19 bits per heavy atom. The summed E-state index contributed by atoms with van der Waals surface area (Å²) in [6, 6.07) is 9.19. The van der Waals surface area contributed by atoms with Crippen LogP contribution < -0.4 is 10.6 Å². The lowest BCUT2D eigenvalue weighted by Gasteiger charge is -2.09. The zero-order valence-corrected chi connectivity index (χ0v) is 12.6. The van der Waals surface area contributed by atoms with Crippen molar-refractivity contribution in [3.63, 3.8) is 0 Å². The third-order valence-electron chi connectivity index (χ3n) is 2.96. The van der Waals surface area contributed by atoms with Crippen molar-refractivity contribution in [2.24, 2.45) is 0 Å². The monoisotopic (exact) mass is 284 g/mol. The normalized spacial score (nSPS) is 10.2. The molecular weight excluding hydrogens is 264 g/mol. The zero-order chi connectivity index (χ0) is 15.2. The Hall–Kier alpha value is -2.43. The number of aromatic nitrogens is 2. The van der Waals surface area contributed by atoms with Crippen LogP contribution in [0.1, 0.15) is 36.3 Å². The molecule has 1 aromatic carbocycles. The van der Waals surface area contributed by atoms with Crippen molar-refractivity contribution in [2.45, 2.75) is 27.2 Å². The first kappa shape index (κ1) is 15.0. The number of aryl methyl sites for hydroxylation is 1. The van der Waals surface area contributed by atoms with Crippen LogP contribution in [0, 0.1) is 6.92 Å². The maximum atomic E-state index is 11.3. The molecule has 0 aliphatic heterocycles. The van der Waals surface area contributed by atoms with Crippen LogP contribution in [0.3, 0.4) is 0 Å². The van der Waals surface area contributed by atoms with Crippen molar-refractivity contribution in [3.05, 3.63) is 41.6 Å². The van der Waals surface area contributed by atoms with Crippen LogP contribution in [-0.2, 0) is 0 Å². The molecule has 5 nitrogen and oxygen atoms in total. The highest BCUT2D eigenvalue weighted by molar-refractivity contribution is 5.94. The molecular formula is C16H20N4O. The third kappa shape index (κ3) is 4.27. The van der Waals surface area contributed by atoms with Crippen molar-refractivity contribution < 1.29 is 4.79 Å². The predicted molar refractivity (Wildman–Crippen MR) is 85.3 cm³/mol. The highest BCUT2D eigenvalue weighted by Crippen LogP contribution is 2.16. The van der Waals surface area contributed by atoms with E-state index in [0.29, 0.717) is 11.5 Å². The molecule has 0 aliphatic carbocycles. The first-order valence-corrected chi connectivity index (χ1v) is 7.06. The molecule has 110 valence electrons. The SMILES string of the molecule is CCCNc1cc(C)nc(Nc2ccc(C(C)=O)cc2)n1. The molecule has 1 heterocycles. The minimum Gasteiger partial charge on any atom is -0.370 e. The van der Waals surface area contributed by atoms with Gasteiger partial charge in [0.15, 0.2) is 5.78 Å². The molecule has 0 saturated carbocycles. The largest absolute Gasteiger partial charge is 0.370 e. The summed E-state index contributed by atoms with van der Waals surface area (Å²) in [6.07, 6.45) is 1.04. The molecule has 0 spiro atoms. The molecule has 0 amide bonds. The fourth-order valence-electron chi connectivity index (χ4n) is 1.89. The summed E-state index contributed by atoms with van der Waals surface area (Å²) >= 11 is 0. The number of nitrogens with zero attached hydrogens (tertiary/aromatic N) is 2. The van der Waals surface area contributed by atoms with E-state index in [2.05, 4.69) is 27.5 Å². The van der Waals surface area contributed by atoms with Crippen LogP contribution in [-0.4, -0.2) is 22.3 Å². The molecule has 1 aromatic heterocycles. The van der Waals surface area contributed by atoms with E-state index in [1.54, 1.807) is 19.1 Å². The zero-order valence-electron chi connectivity index (χ0n) is 12.6. The van der Waals surface area contributed by atoms with Gasteiger partial charge in [0.05, 0.1) is 0 Å². The van der Waals surface area contributed by atoms with Gasteiger partial charge >= 0.3 is 0 Å². The van der Waals surface area contributed by atoms with E-state index < -0.39 is 0 Å². The van der Waals surface area contributed by atoms with E-state index in [0.717, 1.165) is 30.2 Å². The van der Waals surface area contributed by atoms with E-state index in [4.69, 9.17) is 0 Å². The highest BCUT2D eigenvalue weighted by atomic mass is 16.1. The standard InChI is InChI=1S/C16H20N4O/c1-4-9-17-15-10-11(2)18-16(20-15)19-14-7-5-13(6-8-14)12(3)21/h5-8,10H,4,9H2,1-3H3,(H2,17,18,19,20). The second kappa shape index (κ2) is 6.83. The van der Waals surface area contributed by atoms with Crippen molar-refractivity contribution in [2.75, 3.05) is 17.2 Å². The summed E-state index contributed by atoms with van der Waals surface area (Å²) in [4.78, 5) is 20.0. The average Bonchev–Trinajstić information content (AvgIpc) is 2.45. The fourth-order valence-corrected chi connectivity index (χ4v) is 1.89. The molecule has 0 fully saturated rings. The number of Topliss-reactive ketones (excluding diaryl/α,β-unsaturated/α-hetero) is 1. The molecule has 0 aliphatic rings. The second-order valence-electron chi connectivity index (χ2n) is 4.90. The Labute approximate surface area is 124 Å². The van der Waals surface area contributed by atoms with Crippen LogP contribution in [0.4, 0.5) is 17.5 Å². The minimum atomic E-state index is 0.0550. The van der Waals surface area contributed by atoms with Crippen LogP contribution >= 0.6 is 0 Å². The van der Waals surface area contributed by atoms with E-state index in [-0.39, 0.29) is 5.78 Å². The number of carbonyl (C=O) groups excluding carboxylic acids is 1. The lowest BCUT2D eigenvalue weighted by molar-refractivity contribution is 0.101. The molecule has 5 heteroatoms. The highest BCUT2D eigenvalue weighted by Gasteiger charge is 2.04. The quantitative estimate of drug-likeness (QED) is 0.794. The fraction of sp³-hybridized carbons (Fsp3) is 0.312. The molecule has 21 heavy (non-hydrogen) atoms. The summed E-state index contributed by atoms with van der Waals surface area (Å²) in [7, 11) is 0. The Morgan fingerprint density at radius 2 is 1.90 bits per heavy atom. The molecule has 2 rings (SSSR count). The van der Waals surface area contributed by atoms with Gasteiger partial charge in [0.2, 0.25) is 5.95 Å². The molecule has 2 N–H and O–H groups in total. The lowest BCUT2D eigenvalue weighted by atomic mass is 10.1. The maximum absolute atomic E-state index is 11.3.